The fraction of sp³-hybridized carbons (Fsp3) is 0.538. The molecule has 0 unspecified atom stereocenters. The lowest BCUT2D eigenvalue weighted by atomic mass is 10.0. The van der Waals surface area contributed by atoms with E-state index in [1.807, 2.05) is 25.1 Å². The minimum atomic E-state index is -0.596. The van der Waals surface area contributed by atoms with Crippen LogP contribution >= 0.6 is 15.9 Å². The van der Waals surface area contributed by atoms with Crippen LogP contribution in [-0.2, 0) is 0 Å². The summed E-state index contributed by atoms with van der Waals surface area (Å²) in [6.45, 7) is 2.44. The van der Waals surface area contributed by atoms with Gasteiger partial charge in [-0.1, -0.05) is 28.8 Å². The average Bonchev–Trinajstić information content (AvgIpc) is 2.68. The number of hydrogen-bond donors (Lipinski definition) is 1. The predicted molar refractivity (Wildman–Crippen MR) is 67.8 cm³/mol. The van der Waals surface area contributed by atoms with Crippen molar-refractivity contribution >= 4 is 15.9 Å². The third-order valence-corrected chi connectivity index (χ3v) is 4.06. The molecule has 0 bridgehead atoms. The molecular weight excluding hydrogens is 268 g/mol. The fourth-order valence-corrected chi connectivity index (χ4v) is 2.35. The van der Waals surface area contributed by atoms with E-state index in [4.69, 9.17) is 4.74 Å². The normalized spacial score (nSPS) is 18.7. The molecule has 1 aromatic carbocycles. The van der Waals surface area contributed by atoms with Crippen LogP contribution in [0.2, 0.25) is 0 Å². The second-order valence-corrected chi connectivity index (χ2v) is 5.49. The van der Waals surface area contributed by atoms with Crippen LogP contribution in [0.5, 0.6) is 5.75 Å². The van der Waals surface area contributed by atoms with Crippen LogP contribution in [0.15, 0.2) is 22.7 Å². The van der Waals surface area contributed by atoms with E-state index in [9.17, 15) is 5.11 Å². The van der Waals surface area contributed by atoms with Crippen molar-refractivity contribution in [1.82, 2.24) is 0 Å². The van der Waals surface area contributed by atoms with E-state index in [0.717, 1.165) is 41.5 Å². The van der Waals surface area contributed by atoms with Gasteiger partial charge in [0.25, 0.3) is 0 Å². The van der Waals surface area contributed by atoms with Gasteiger partial charge in [-0.15, -0.1) is 0 Å². The molecule has 1 aliphatic rings. The highest BCUT2D eigenvalue weighted by Crippen LogP contribution is 2.30. The molecule has 0 aromatic heterocycles. The third-order valence-electron chi connectivity index (χ3n) is 3.17. The lowest BCUT2D eigenvalue weighted by Crippen LogP contribution is -2.32. The Balaban J connectivity index is 1.96. The number of aliphatic hydroxyl groups is 1. The molecule has 1 saturated carbocycles. The van der Waals surface area contributed by atoms with Gasteiger partial charge in [0.15, 0.2) is 0 Å². The van der Waals surface area contributed by atoms with Gasteiger partial charge in [0.1, 0.15) is 12.4 Å². The molecule has 0 amide bonds. The minimum absolute atomic E-state index is 0.411. The van der Waals surface area contributed by atoms with Crippen LogP contribution in [-0.4, -0.2) is 17.3 Å². The van der Waals surface area contributed by atoms with Gasteiger partial charge >= 0.3 is 0 Å². The molecular formula is C13H17BrO2. The van der Waals surface area contributed by atoms with Crippen LogP contribution in [0.4, 0.5) is 0 Å². The van der Waals surface area contributed by atoms with Crippen LogP contribution < -0.4 is 4.74 Å². The van der Waals surface area contributed by atoms with Crippen LogP contribution in [0.3, 0.4) is 0 Å². The Morgan fingerprint density at radius 3 is 2.69 bits per heavy atom. The van der Waals surface area contributed by atoms with E-state index in [0.29, 0.717) is 6.61 Å². The van der Waals surface area contributed by atoms with Crippen molar-refractivity contribution < 1.29 is 9.84 Å². The highest BCUT2D eigenvalue weighted by atomic mass is 79.9. The summed E-state index contributed by atoms with van der Waals surface area (Å²) in [6, 6.07) is 5.89. The summed E-state index contributed by atoms with van der Waals surface area (Å²) in [5.41, 5.74) is 0.553. The van der Waals surface area contributed by atoms with Gasteiger partial charge in [-0.3, -0.25) is 0 Å². The van der Waals surface area contributed by atoms with Crippen LogP contribution in [0.25, 0.3) is 0 Å². The van der Waals surface area contributed by atoms with E-state index < -0.39 is 5.60 Å². The second-order valence-electron chi connectivity index (χ2n) is 4.63. The highest BCUT2D eigenvalue weighted by Gasteiger charge is 2.31. The zero-order valence-electron chi connectivity index (χ0n) is 9.50. The van der Waals surface area contributed by atoms with Gasteiger partial charge in [0, 0.05) is 4.47 Å². The maximum Gasteiger partial charge on any atom is 0.119 e. The van der Waals surface area contributed by atoms with Gasteiger partial charge in [-0.25, -0.2) is 0 Å². The lowest BCUT2D eigenvalue weighted by molar-refractivity contribution is 0.00139. The summed E-state index contributed by atoms with van der Waals surface area (Å²) >= 11 is 3.45. The van der Waals surface area contributed by atoms with Gasteiger partial charge in [-0.2, -0.15) is 0 Å². The lowest BCUT2D eigenvalue weighted by Gasteiger charge is -2.22. The Morgan fingerprint density at radius 2 is 2.06 bits per heavy atom. The zero-order chi connectivity index (χ0) is 11.6. The maximum absolute atomic E-state index is 10.1. The minimum Gasteiger partial charge on any atom is -0.491 e. The molecule has 1 N–H and O–H groups in total. The number of benzene rings is 1. The fourth-order valence-electron chi connectivity index (χ4n) is 2.10. The van der Waals surface area contributed by atoms with Crippen molar-refractivity contribution in [3.05, 3.63) is 28.2 Å². The molecule has 0 heterocycles. The van der Waals surface area contributed by atoms with Crippen molar-refractivity contribution in [2.24, 2.45) is 0 Å². The van der Waals surface area contributed by atoms with E-state index in [-0.39, 0.29) is 0 Å². The first-order valence-electron chi connectivity index (χ1n) is 5.70. The molecule has 1 aromatic rings. The molecule has 0 radical (unpaired) electrons. The summed E-state index contributed by atoms with van der Waals surface area (Å²) in [5.74, 6) is 0.834. The van der Waals surface area contributed by atoms with Gasteiger partial charge < -0.3 is 9.84 Å². The summed E-state index contributed by atoms with van der Waals surface area (Å²) in [5, 5.41) is 10.1. The Hall–Kier alpha value is -0.540. The van der Waals surface area contributed by atoms with E-state index in [1.165, 1.54) is 0 Å². The van der Waals surface area contributed by atoms with Crippen molar-refractivity contribution in [3.63, 3.8) is 0 Å². The molecule has 2 rings (SSSR count). The number of rotatable bonds is 3. The molecule has 1 aliphatic carbocycles. The largest absolute Gasteiger partial charge is 0.491 e. The van der Waals surface area contributed by atoms with Gasteiger partial charge in [0.2, 0.25) is 0 Å². The Morgan fingerprint density at radius 1 is 1.38 bits per heavy atom. The third kappa shape index (κ3) is 2.77. The number of ether oxygens (including phenoxy) is 1. The van der Waals surface area contributed by atoms with Crippen LogP contribution in [0.1, 0.15) is 31.2 Å². The Labute approximate surface area is 105 Å². The van der Waals surface area contributed by atoms with E-state index in [2.05, 4.69) is 15.9 Å². The summed E-state index contributed by atoms with van der Waals surface area (Å²) < 4.78 is 6.74. The smallest absolute Gasteiger partial charge is 0.119 e. The molecule has 2 nitrogen and oxygen atoms in total. The first-order chi connectivity index (χ1) is 7.59. The summed E-state index contributed by atoms with van der Waals surface area (Å²) in [7, 11) is 0. The summed E-state index contributed by atoms with van der Waals surface area (Å²) in [6.07, 6.45) is 3.95. The molecule has 1 fully saturated rings. The first-order valence-corrected chi connectivity index (χ1v) is 6.50. The zero-order valence-corrected chi connectivity index (χ0v) is 11.1. The Kier molecular flexibility index (Phi) is 3.55. The van der Waals surface area contributed by atoms with E-state index in [1.54, 1.807) is 0 Å². The Bertz CT molecular complexity index is 370. The predicted octanol–water partition coefficient (Wildman–Crippen LogP) is 3.44. The van der Waals surface area contributed by atoms with Gasteiger partial charge in [-0.05, 0) is 43.5 Å². The molecule has 3 heteroatoms. The topological polar surface area (TPSA) is 29.5 Å². The monoisotopic (exact) mass is 284 g/mol. The van der Waals surface area contributed by atoms with Crippen molar-refractivity contribution in [3.8, 4) is 5.75 Å². The van der Waals surface area contributed by atoms with E-state index >= 15 is 0 Å². The second kappa shape index (κ2) is 4.76. The molecule has 0 atom stereocenters. The molecule has 16 heavy (non-hydrogen) atoms. The molecule has 0 spiro atoms. The number of aryl methyl sites for hydroxylation is 1. The molecule has 88 valence electrons. The van der Waals surface area contributed by atoms with Gasteiger partial charge in [0.05, 0.1) is 5.60 Å². The number of hydrogen-bond acceptors (Lipinski definition) is 2. The molecule has 0 saturated heterocycles. The highest BCUT2D eigenvalue weighted by molar-refractivity contribution is 9.10. The molecule has 0 aliphatic heterocycles. The average molecular weight is 285 g/mol. The first kappa shape index (κ1) is 11.9. The standard InChI is InChI=1S/C13H17BrO2/c1-10-8-11(4-5-12(10)14)16-9-13(15)6-2-3-7-13/h4-5,8,15H,2-3,6-7,9H2,1H3. The quantitative estimate of drug-likeness (QED) is 0.921. The summed E-state index contributed by atoms with van der Waals surface area (Å²) in [4.78, 5) is 0. The van der Waals surface area contributed by atoms with Crippen molar-refractivity contribution in [2.45, 2.75) is 38.2 Å². The van der Waals surface area contributed by atoms with Crippen molar-refractivity contribution in [2.75, 3.05) is 6.61 Å². The SMILES string of the molecule is Cc1cc(OCC2(O)CCCC2)ccc1Br. The number of halogens is 1. The van der Waals surface area contributed by atoms with Crippen molar-refractivity contribution in [1.29, 1.82) is 0 Å². The maximum atomic E-state index is 10.1. The van der Waals surface area contributed by atoms with Crippen LogP contribution in [0, 0.1) is 6.92 Å².